The summed E-state index contributed by atoms with van der Waals surface area (Å²) in [4.78, 5) is 51.3. The van der Waals surface area contributed by atoms with Gasteiger partial charge in [0, 0.05) is 36.6 Å². The summed E-state index contributed by atoms with van der Waals surface area (Å²) in [7, 11) is -0.481. The van der Waals surface area contributed by atoms with Crippen LogP contribution in [-0.2, 0) is 29.9 Å². The molecule has 3 N–H and O–H groups in total. The summed E-state index contributed by atoms with van der Waals surface area (Å²) < 4.78 is 17.0. The number of carbonyl (C=O) groups is 4. The average molecular weight is 764 g/mol. The Labute approximate surface area is 324 Å². The molecule has 0 aliphatic heterocycles. The van der Waals surface area contributed by atoms with Gasteiger partial charge in [0.1, 0.15) is 11.6 Å². The van der Waals surface area contributed by atoms with Crippen molar-refractivity contribution in [3.05, 3.63) is 59.2 Å². The van der Waals surface area contributed by atoms with Gasteiger partial charge in [0.25, 0.3) is 5.91 Å². The summed E-state index contributed by atoms with van der Waals surface area (Å²) >= 11 is 0. The van der Waals surface area contributed by atoms with Crippen LogP contribution in [0.15, 0.2) is 42.5 Å². The Bertz CT molecular complexity index is 1600. The van der Waals surface area contributed by atoms with Crippen molar-refractivity contribution in [3.8, 4) is 11.1 Å². The Morgan fingerprint density at radius 2 is 1.48 bits per heavy atom. The molecule has 11 heteroatoms. The molecule has 2 aliphatic rings. The summed E-state index contributed by atoms with van der Waals surface area (Å²) in [5, 5.41) is 9.23. The SMILES string of the molecule is COC(=O)[C@H](Cc1ccc(-c2ccc(C(=O)N[C@H]3CC[C@H](O[Si](C)(C)C(C)(C)C)CC3)cc2C)cc1)NC(=O)[C@H]1CC[C@H](CNC(=O)OC(C)(C)C)CC1. The molecule has 2 aromatic carbocycles. The maximum Gasteiger partial charge on any atom is 0.407 e. The molecule has 0 heterocycles. The zero-order chi connectivity index (χ0) is 39.8. The van der Waals surface area contributed by atoms with E-state index < -0.39 is 32.0 Å². The standard InChI is InChI=1S/C43H65N3O7Si/c1-28-25-33(39(48)45-34-20-22-35(23-21-34)53-54(9,10)43(5,6)7)19-24-36(28)31-15-11-29(12-16-31)26-37(40(49)51-8)46-38(47)32-17-13-30(14-18-32)27-44-41(50)52-42(2,3)4/h11-12,15-16,19,24-25,30,32,34-35,37H,13-14,17-18,20-23,26-27H2,1-10H3,(H,44,50)(H,45,48)(H,46,47)/t30-,32-,34-,35-,37-/m0/s1. The van der Waals surface area contributed by atoms with Gasteiger partial charge in [-0.1, -0.05) is 51.1 Å². The first kappa shape index (κ1) is 43.0. The highest BCUT2D eigenvalue weighted by atomic mass is 28.4. The van der Waals surface area contributed by atoms with Crippen molar-refractivity contribution in [1.29, 1.82) is 0 Å². The minimum Gasteiger partial charge on any atom is -0.467 e. The van der Waals surface area contributed by atoms with Crippen LogP contribution < -0.4 is 16.0 Å². The van der Waals surface area contributed by atoms with E-state index in [1.165, 1.54) is 7.11 Å². The molecule has 2 aliphatic carbocycles. The summed E-state index contributed by atoms with van der Waals surface area (Å²) in [5.41, 5.74) is 4.01. The average Bonchev–Trinajstić information content (AvgIpc) is 3.10. The third kappa shape index (κ3) is 12.4. The number of carbonyl (C=O) groups excluding carboxylic acids is 4. The number of esters is 1. The first-order valence-corrected chi connectivity index (χ1v) is 22.7. The molecule has 2 aromatic rings. The second-order valence-electron chi connectivity index (χ2n) is 17.9. The van der Waals surface area contributed by atoms with Crippen LogP contribution in [0.3, 0.4) is 0 Å². The highest BCUT2D eigenvalue weighted by Gasteiger charge is 2.40. The number of methoxy groups -OCH3 is 1. The predicted octanol–water partition coefficient (Wildman–Crippen LogP) is 8.26. The highest BCUT2D eigenvalue weighted by Crippen LogP contribution is 2.39. The fourth-order valence-electron chi connectivity index (χ4n) is 7.17. The Morgan fingerprint density at radius 1 is 0.852 bits per heavy atom. The number of hydrogen-bond donors (Lipinski definition) is 3. The molecule has 0 saturated heterocycles. The molecule has 0 bridgehead atoms. The van der Waals surface area contributed by atoms with Gasteiger partial charge in [0.15, 0.2) is 8.32 Å². The van der Waals surface area contributed by atoms with Crippen LogP contribution in [0.4, 0.5) is 4.79 Å². The first-order valence-electron chi connectivity index (χ1n) is 19.8. The van der Waals surface area contributed by atoms with Gasteiger partial charge in [-0.15, -0.1) is 0 Å². The van der Waals surface area contributed by atoms with Crippen molar-refractivity contribution in [2.45, 2.75) is 148 Å². The van der Waals surface area contributed by atoms with Gasteiger partial charge >= 0.3 is 12.1 Å². The van der Waals surface area contributed by atoms with E-state index in [1.807, 2.05) is 70.2 Å². The zero-order valence-electron chi connectivity index (χ0n) is 34.4. The Hall–Kier alpha value is -3.70. The number of benzene rings is 2. The lowest BCUT2D eigenvalue weighted by molar-refractivity contribution is -0.145. The van der Waals surface area contributed by atoms with Gasteiger partial charge in [0.05, 0.1) is 7.11 Å². The van der Waals surface area contributed by atoms with Crippen LogP contribution in [0.1, 0.15) is 114 Å². The van der Waals surface area contributed by atoms with Gasteiger partial charge in [-0.25, -0.2) is 9.59 Å². The smallest absolute Gasteiger partial charge is 0.407 e. The van der Waals surface area contributed by atoms with Crippen molar-refractivity contribution in [1.82, 2.24) is 16.0 Å². The molecule has 0 radical (unpaired) electrons. The predicted molar refractivity (Wildman–Crippen MR) is 216 cm³/mol. The minimum absolute atomic E-state index is 0.0482. The van der Waals surface area contributed by atoms with E-state index in [9.17, 15) is 19.2 Å². The molecule has 0 aromatic heterocycles. The van der Waals surface area contributed by atoms with Gasteiger partial charge in [-0.05, 0) is 137 Å². The van der Waals surface area contributed by atoms with E-state index in [0.29, 0.717) is 31.4 Å². The molecule has 1 atom stereocenters. The molecule has 3 amide bonds. The summed E-state index contributed by atoms with van der Waals surface area (Å²) in [6.07, 6.45) is 6.90. The van der Waals surface area contributed by atoms with Crippen molar-refractivity contribution < 1.29 is 33.1 Å². The lowest BCUT2D eigenvalue weighted by Gasteiger charge is -2.41. The molecule has 298 valence electrons. The fraction of sp³-hybridized carbons (Fsp3) is 0.628. The van der Waals surface area contributed by atoms with Crippen LogP contribution in [-0.4, -0.2) is 69.6 Å². The van der Waals surface area contributed by atoms with Crippen molar-refractivity contribution in [2.75, 3.05) is 13.7 Å². The molecule has 54 heavy (non-hydrogen) atoms. The second kappa shape index (κ2) is 18.3. The number of amides is 3. The largest absolute Gasteiger partial charge is 0.467 e. The van der Waals surface area contributed by atoms with E-state index in [1.54, 1.807) is 0 Å². The molecule has 2 saturated carbocycles. The number of hydrogen-bond acceptors (Lipinski definition) is 7. The van der Waals surface area contributed by atoms with Gasteiger partial charge in [0.2, 0.25) is 5.91 Å². The maximum absolute atomic E-state index is 13.3. The van der Waals surface area contributed by atoms with Gasteiger partial charge in [-0.2, -0.15) is 0 Å². The molecule has 0 unspecified atom stereocenters. The van der Waals surface area contributed by atoms with E-state index in [-0.39, 0.29) is 40.8 Å². The van der Waals surface area contributed by atoms with E-state index in [0.717, 1.165) is 60.8 Å². The van der Waals surface area contributed by atoms with E-state index >= 15 is 0 Å². The number of ether oxygens (including phenoxy) is 2. The quantitative estimate of drug-likeness (QED) is 0.147. The topological polar surface area (TPSA) is 132 Å². The maximum atomic E-state index is 13.3. The third-order valence-corrected chi connectivity index (χ3v) is 16.0. The lowest BCUT2D eigenvalue weighted by Crippen LogP contribution is -2.46. The molecular formula is C43H65N3O7Si. The van der Waals surface area contributed by atoms with Crippen molar-refractivity contribution in [3.63, 3.8) is 0 Å². The van der Waals surface area contributed by atoms with E-state index in [2.05, 4.69) is 49.8 Å². The van der Waals surface area contributed by atoms with Crippen LogP contribution in [0, 0.1) is 18.8 Å². The van der Waals surface area contributed by atoms with Crippen LogP contribution >= 0.6 is 0 Å². The number of rotatable bonds is 12. The monoisotopic (exact) mass is 763 g/mol. The normalized spacial score (nSPS) is 21.4. The van der Waals surface area contributed by atoms with Crippen LogP contribution in [0.5, 0.6) is 0 Å². The molecular weight excluding hydrogens is 699 g/mol. The van der Waals surface area contributed by atoms with Crippen LogP contribution in [0.25, 0.3) is 11.1 Å². The molecule has 10 nitrogen and oxygen atoms in total. The van der Waals surface area contributed by atoms with Crippen LogP contribution in [0.2, 0.25) is 18.1 Å². The molecule has 4 rings (SSSR count). The number of alkyl carbamates (subject to hydrolysis) is 1. The van der Waals surface area contributed by atoms with E-state index in [4.69, 9.17) is 13.9 Å². The summed E-state index contributed by atoms with van der Waals surface area (Å²) in [6, 6.07) is 13.1. The summed E-state index contributed by atoms with van der Waals surface area (Å²) in [5.74, 6) is -0.611. The minimum atomic E-state index is -1.81. The number of nitrogens with one attached hydrogen (secondary N) is 3. The Kier molecular flexibility index (Phi) is 14.6. The molecule has 0 spiro atoms. The Morgan fingerprint density at radius 3 is 2.04 bits per heavy atom. The zero-order valence-corrected chi connectivity index (χ0v) is 35.4. The number of aryl methyl sites for hydroxylation is 1. The first-order chi connectivity index (χ1) is 25.2. The lowest BCUT2D eigenvalue weighted by atomic mass is 9.81. The fourth-order valence-corrected chi connectivity index (χ4v) is 8.59. The second-order valence-corrected chi connectivity index (χ2v) is 22.7. The molecule has 2 fully saturated rings. The van der Waals surface area contributed by atoms with Crippen molar-refractivity contribution >= 4 is 32.2 Å². The van der Waals surface area contributed by atoms with Crippen molar-refractivity contribution in [2.24, 2.45) is 11.8 Å². The van der Waals surface area contributed by atoms with Gasteiger partial charge in [-0.3, -0.25) is 9.59 Å². The third-order valence-electron chi connectivity index (χ3n) is 11.4. The van der Waals surface area contributed by atoms with Gasteiger partial charge < -0.3 is 29.9 Å². The summed E-state index contributed by atoms with van der Waals surface area (Å²) in [6.45, 7) is 19.4. The highest BCUT2D eigenvalue weighted by molar-refractivity contribution is 6.74. The Balaban J connectivity index is 1.27.